The van der Waals surface area contributed by atoms with Gasteiger partial charge in [-0.2, -0.15) is 0 Å². The molecule has 1 saturated heterocycles. The van der Waals surface area contributed by atoms with Crippen LogP contribution in [0.1, 0.15) is 106 Å². The molecule has 2 saturated carbocycles. The van der Waals surface area contributed by atoms with Gasteiger partial charge in [-0.3, -0.25) is 43.3 Å². The van der Waals surface area contributed by atoms with Gasteiger partial charge in [-0.15, -0.1) is 0 Å². The predicted octanol–water partition coefficient (Wildman–Crippen LogP) is 3.50. The minimum Gasteiger partial charge on any atom is -0.455 e. The van der Waals surface area contributed by atoms with Crippen LogP contribution in [0.2, 0.25) is 0 Å². The molecule has 2 heterocycles. The maximum Gasteiger partial charge on any atom is 0.350 e. The van der Waals surface area contributed by atoms with Gasteiger partial charge in [0.25, 0.3) is 17.7 Å². The monoisotopic (exact) mass is 1090 g/mol. The molecular formula is C58H63N3O18. The Morgan fingerprint density at radius 1 is 0.797 bits per heavy atom. The van der Waals surface area contributed by atoms with Crippen molar-refractivity contribution >= 4 is 59.3 Å². The summed E-state index contributed by atoms with van der Waals surface area (Å²) in [6.07, 6.45) is -9.72. The molecule has 0 spiro atoms. The molecule has 4 N–H and O–H groups in total. The Kier molecular flexibility index (Phi) is 16.6. The number of aliphatic hydroxyl groups is 2. The van der Waals surface area contributed by atoms with Crippen molar-refractivity contribution in [1.82, 2.24) is 15.5 Å². The van der Waals surface area contributed by atoms with Gasteiger partial charge in [0.1, 0.15) is 30.0 Å². The molecule has 418 valence electrons. The number of ether oxygens (including phenoxy) is 6. The van der Waals surface area contributed by atoms with E-state index in [2.05, 4.69) is 10.6 Å². The van der Waals surface area contributed by atoms with Crippen molar-refractivity contribution in [2.45, 2.75) is 128 Å². The molecule has 2 bridgehead atoms. The van der Waals surface area contributed by atoms with Crippen LogP contribution in [0.5, 0.6) is 0 Å². The third kappa shape index (κ3) is 11.0. The molecule has 0 aromatic heterocycles. The van der Waals surface area contributed by atoms with Gasteiger partial charge >= 0.3 is 29.8 Å². The number of Topliss-reactive ketones (excluding diaryl/α,β-unsaturated/α-hetero) is 1. The summed E-state index contributed by atoms with van der Waals surface area (Å²) < 4.78 is 36.8. The van der Waals surface area contributed by atoms with Crippen molar-refractivity contribution in [2.75, 3.05) is 19.7 Å². The lowest BCUT2D eigenvalue weighted by Crippen LogP contribution is -2.82. The zero-order chi connectivity index (χ0) is 57.2. The predicted molar refractivity (Wildman–Crippen MR) is 274 cm³/mol. The summed E-state index contributed by atoms with van der Waals surface area (Å²) in [5.41, 5.74) is -7.84. The van der Waals surface area contributed by atoms with Crippen LogP contribution < -0.4 is 10.6 Å². The summed E-state index contributed by atoms with van der Waals surface area (Å²) in [5.74, 6) is -9.89. The molecule has 0 unspecified atom stereocenters. The average molecular weight is 1090 g/mol. The number of benzene rings is 3. The number of aliphatic hydroxyl groups excluding tert-OH is 1. The largest absolute Gasteiger partial charge is 0.455 e. The fraction of sp³-hybridized carbons (Fsp3) is 0.448. The van der Waals surface area contributed by atoms with E-state index >= 15 is 9.59 Å². The third-order valence-corrected chi connectivity index (χ3v) is 16.1. The van der Waals surface area contributed by atoms with Crippen LogP contribution in [-0.2, 0) is 66.8 Å². The Bertz CT molecular complexity index is 2960. The van der Waals surface area contributed by atoms with Crippen molar-refractivity contribution in [3.63, 3.8) is 0 Å². The fourth-order valence-corrected chi connectivity index (χ4v) is 11.9. The molecule has 79 heavy (non-hydrogen) atoms. The van der Waals surface area contributed by atoms with Crippen molar-refractivity contribution in [2.24, 2.45) is 16.7 Å². The number of amides is 4. The quantitative estimate of drug-likeness (QED) is 0.0613. The van der Waals surface area contributed by atoms with E-state index in [9.17, 15) is 48.6 Å². The minimum absolute atomic E-state index is 0.0160. The molecule has 11 atom stereocenters. The van der Waals surface area contributed by atoms with Crippen molar-refractivity contribution in [3.05, 3.63) is 131 Å². The highest BCUT2D eigenvalue weighted by atomic mass is 16.6. The lowest BCUT2D eigenvalue weighted by molar-refractivity contribution is -0.346. The maximum absolute atomic E-state index is 15.8. The second kappa shape index (κ2) is 22.8. The number of carbonyl (C=O) groups excluding carboxylic acids is 10. The number of hydrogen-bond acceptors (Lipinski definition) is 18. The molecule has 3 fully saturated rings. The zero-order valence-electron chi connectivity index (χ0n) is 44.5. The van der Waals surface area contributed by atoms with Gasteiger partial charge in [-0.05, 0) is 61.2 Å². The zero-order valence-corrected chi connectivity index (χ0v) is 44.5. The summed E-state index contributed by atoms with van der Waals surface area (Å²) in [6, 6.07) is 22.2. The molecule has 2 aliphatic heterocycles. The van der Waals surface area contributed by atoms with Crippen molar-refractivity contribution in [1.29, 1.82) is 0 Å². The smallest absolute Gasteiger partial charge is 0.350 e. The molecule has 3 aromatic rings. The molecule has 5 aliphatic rings. The SMILES string of the molecule is CC(=O)O[C@H]1C(=O)[C@@]2(C)[C@H]([C@H](OC(=O)c3ccccc3)[C@]3(O)C[C@H](OC(=O)[C@H](OC(=O)CCCC(=O)NCCN4C(=O)C=CC4=O)[C@H](NC(=O)c4ccccc4)c4ccccc4)C(C)=C1C3(C)C)[C@]1(OC(C)=O)CO[C@@H]1C[C@@H]2O. The summed E-state index contributed by atoms with van der Waals surface area (Å²) in [4.78, 5) is 138. The van der Waals surface area contributed by atoms with Gasteiger partial charge in [0.2, 0.25) is 12.0 Å². The molecule has 21 heteroatoms. The Morgan fingerprint density at radius 2 is 1.41 bits per heavy atom. The normalized spacial score (nSPS) is 28.3. The summed E-state index contributed by atoms with van der Waals surface area (Å²) in [7, 11) is 0. The van der Waals surface area contributed by atoms with Crippen LogP contribution in [-0.4, -0.2) is 142 Å². The van der Waals surface area contributed by atoms with Gasteiger partial charge in [0, 0.05) is 75.8 Å². The number of nitrogens with zero attached hydrogens (tertiary/aromatic N) is 1. The maximum atomic E-state index is 15.8. The van der Waals surface area contributed by atoms with E-state index in [4.69, 9.17) is 28.4 Å². The number of ketones is 1. The highest BCUT2D eigenvalue weighted by Crippen LogP contribution is 2.64. The Hall–Kier alpha value is -7.88. The first-order valence-corrected chi connectivity index (χ1v) is 26.0. The van der Waals surface area contributed by atoms with Crippen LogP contribution in [0.15, 0.2) is 114 Å². The first-order valence-electron chi connectivity index (χ1n) is 26.0. The lowest BCUT2D eigenvalue weighted by atomic mass is 9.44. The highest BCUT2D eigenvalue weighted by molar-refractivity contribution is 6.13. The number of rotatable bonds is 18. The fourth-order valence-electron chi connectivity index (χ4n) is 11.9. The van der Waals surface area contributed by atoms with Gasteiger partial charge in [-0.1, -0.05) is 80.6 Å². The second-order valence-corrected chi connectivity index (χ2v) is 21.2. The third-order valence-electron chi connectivity index (χ3n) is 16.1. The Balaban J connectivity index is 1.20. The number of esters is 5. The highest BCUT2D eigenvalue weighted by Gasteiger charge is 2.78. The number of fused-ring (bicyclic) bond motifs is 5. The summed E-state index contributed by atoms with van der Waals surface area (Å²) >= 11 is 0. The standard InChI is InChI=1S/C58H63N3O18/c1-32-38(76-54(72)48(46(35-17-10-7-11-18-35)60-52(70)36-19-12-8-13-20-36)77-44(68)24-16-23-41(65)59-27-28-61-42(66)25-26-43(61)67)30-58(73)51(78-53(71)37-21-14-9-15-22-37)49-56(6,39(64)29-40-57(49,31-74-40)79-34(3)63)50(69)47(75-33(2)62)45(32)55(58,4)5/h7-15,17-22,25-26,38-40,46-49,51,64,73H,16,23-24,27-31H2,1-6H3,(H,59,65)(H,60,70)/t38-,39-,40+,46+,47+,48+,49-,51-,56+,57-,58+/m0/s1. The second-order valence-electron chi connectivity index (χ2n) is 21.2. The topological polar surface area (TPSA) is 294 Å². The van der Waals surface area contributed by atoms with Crippen LogP contribution in [0.3, 0.4) is 0 Å². The first-order chi connectivity index (χ1) is 37.4. The summed E-state index contributed by atoms with van der Waals surface area (Å²) in [6.45, 7) is 7.55. The average Bonchev–Trinajstić information content (AvgIpc) is 2.86. The number of imide groups is 1. The van der Waals surface area contributed by atoms with E-state index in [1.54, 1.807) is 66.7 Å². The van der Waals surface area contributed by atoms with E-state index in [0.29, 0.717) is 0 Å². The van der Waals surface area contributed by atoms with Crippen LogP contribution in [0.25, 0.3) is 0 Å². The van der Waals surface area contributed by atoms with E-state index in [0.717, 1.165) is 30.9 Å². The number of carbonyl (C=O) groups is 10. The molecule has 8 rings (SSSR count). The molecule has 21 nitrogen and oxygen atoms in total. The van der Waals surface area contributed by atoms with Crippen molar-refractivity contribution in [3.8, 4) is 0 Å². The van der Waals surface area contributed by atoms with Gasteiger partial charge in [0.15, 0.2) is 17.5 Å². The van der Waals surface area contributed by atoms with Crippen molar-refractivity contribution < 1.29 is 86.6 Å². The van der Waals surface area contributed by atoms with E-state index in [-0.39, 0.29) is 66.8 Å². The Morgan fingerprint density at radius 3 is 1.99 bits per heavy atom. The molecule has 0 radical (unpaired) electrons. The number of nitrogens with one attached hydrogen (secondary N) is 2. The lowest BCUT2D eigenvalue weighted by Gasteiger charge is -2.67. The van der Waals surface area contributed by atoms with E-state index in [1.165, 1.54) is 52.0 Å². The van der Waals surface area contributed by atoms with E-state index < -0.39 is 143 Å². The molecule has 3 aromatic carbocycles. The first kappa shape index (κ1) is 57.3. The number of hydrogen-bond donors (Lipinski definition) is 4. The Labute approximate surface area is 454 Å². The van der Waals surface area contributed by atoms with Gasteiger partial charge in [0.05, 0.1) is 29.6 Å². The molecular weight excluding hydrogens is 1030 g/mol. The van der Waals surface area contributed by atoms with E-state index in [1.807, 2.05) is 0 Å². The van der Waals surface area contributed by atoms with Gasteiger partial charge < -0.3 is 49.3 Å². The van der Waals surface area contributed by atoms with Crippen LogP contribution in [0.4, 0.5) is 0 Å². The molecule has 4 amide bonds. The van der Waals surface area contributed by atoms with Crippen LogP contribution >= 0.6 is 0 Å². The van der Waals surface area contributed by atoms with Crippen LogP contribution in [0, 0.1) is 16.7 Å². The minimum atomic E-state index is -2.52. The van der Waals surface area contributed by atoms with Gasteiger partial charge in [-0.25, -0.2) is 9.59 Å². The summed E-state index contributed by atoms with van der Waals surface area (Å²) in [5, 5.41) is 31.6. The molecule has 3 aliphatic carbocycles.